The van der Waals surface area contributed by atoms with Gasteiger partial charge in [-0.1, -0.05) is 13.0 Å². The van der Waals surface area contributed by atoms with E-state index in [-0.39, 0.29) is 5.91 Å². The van der Waals surface area contributed by atoms with E-state index >= 15 is 0 Å². The third-order valence-corrected chi connectivity index (χ3v) is 6.01. The summed E-state index contributed by atoms with van der Waals surface area (Å²) in [7, 11) is 0. The number of amides is 1. The van der Waals surface area contributed by atoms with E-state index in [4.69, 9.17) is 9.72 Å². The highest BCUT2D eigenvalue weighted by molar-refractivity contribution is 7.09. The Bertz CT molecular complexity index is 756. The van der Waals surface area contributed by atoms with Crippen LogP contribution >= 0.6 is 11.3 Å². The van der Waals surface area contributed by atoms with E-state index in [1.165, 1.54) is 10.6 Å². The Balaban J connectivity index is 1.50. The molecule has 1 aromatic carbocycles. The Morgan fingerprint density at radius 1 is 1.38 bits per heavy atom. The summed E-state index contributed by atoms with van der Waals surface area (Å²) in [6, 6.07) is 5.98. The zero-order valence-corrected chi connectivity index (χ0v) is 14.8. The van der Waals surface area contributed by atoms with Crippen LogP contribution in [0.5, 0.6) is 0 Å². The Hall–Kier alpha value is -1.72. The summed E-state index contributed by atoms with van der Waals surface area (Å²) in [5.74, 6) is 0.521. The minimum atomic E-state index is 0.140. The van der Waals surface area contributed by atoms with Gasteiger partial charge in [0.15, 0.2) is 0 Å². The van der Waals surface area contributed by atoms with Gasteiger partial charge in [0.1, 0.15) is 0 Å². The van der Waals surface area contributed by atoms with Crippen LogP contribution in [0, 0.1) is 0 Å². The molecule has 0 N–H and O–H groups in total. The van der Waals surface area contributed by atoms with E-state index in [2.05, 4.69) is 12.3 Å². The molecule has 0 radical (unpaired) electrons. The van der Waals surface area contributed by atoms with E-state index in [1.54, 1.807) is 11.3 Å². The van der Waals surface area contributed by atoms with Crippen molar-refractivity contribution in [2.24, 2.45) is 0 Å². The van der Waals surface area contributed by atoms with Gasteiger partial charge in [0.25, 0.3) is 5.91 Å². The maximum absolute atomic E-state index is 12.9. The normalized spacial score (nSPS) is 20.2. The van der Waals surface area contributed by atoms with Gasteiger partial charge in [-0.05, 0) is 42.5 Å². The van der Waals surface area contributed by atoms with Crippen molar-refractivity contribution in [3.05, 3.63) is 51.0 Å². The quantitative estimate of drug-likeness (QED) is 0.853. The molecule has 1 amide bonds. The van der Waals surface area contributed by atoms with Gasteiger partial charge < -0.3 is 9.64 Å². The van der Waals surface area contributed by atoms with Gasteiger partial charge in [-0.25, -0.2) is 4.98 Å². The smallest absolute Gasteiger partial charge is 0.253 e. The average Bonchev–Trinajstić information content (AvgIpc) is 3.29. The molecule has 0 spiro atoms. The van der Waals surface area contributed by atoms with Crippen LogP contribution in [0.1, 0.15) is 57.9 Å². The van der Waals surface area contributed by atoms with Crippen LogP contribution in [0.4, 0.5) is 0 Å². The van der Waals surface area contributed by atoms with Gasteiger partial charge in [-0.2, -0.15) is 0 Å². The minimum Gasteiger partial charge on any atom is -0.372 e. The van der Waals surface area contributed by atoms with Gasteiger partial charge in [0, 0.05) is 30.0 Å². The lowest BCUT2D eigenvalue weighted by Crippen LogP contribution is -2.39. The number of hydrogen-bond acceptors (Lipinski definition) is 4. The molecule has 0 bridgehead atoms. The number of hydrogen-bond donors (Lipinski definition) is 0. The summed E-state index contributed by atoms with van der Waals surface area (Å²) in [6.07, 6.45) is 3.15. The molecule has 5 heteroatoms. The fraction of sp³-hybridized carbons (Fsp3) is 0.474. The number of fused-ring (bicyclic) bond motifs is 1. The summed E-state index contributed by atoms with van der Waals surface area (Å²) in [5, 5.41) is 3.34. The summed E-state index contributed by atoms with van der Waals surface area (Å²) < 4.78 is 5.45. The first-order valence-corrected chi connectivity index (χ1v) is 9.55. The lowest BCUT2D eigenvalue weighted by molar-refractivity contribution is 0.0707. The third kappa shape index (κ3) is 2.98. The van der Waals surface area contributed by atoms with Gasteiger partial charge in [-0.15, -0.1) is 11.3 Å². The van der Waals surface area contributed by atoms with Crippen LogP contribution in [0.25, 0.3) is 0 Å². The Kier molecular flexibility index (Phi) is 4.37. The number of nitrogens with zero attached hydrogens (tertiary/aromatic N) is 2. The highest BCUT2D eigenvalue weighted by atomic mass is 32.1. The van der Waals surface area contributed by atoms with Crippen LogP contribution in [-0.2, 0) is 24.4 Å². The van der Waals surface area contributed by atoms with Gasteiger partial charge >= 0.3 is 0 Å². The van der Waals surface area contributed by atoms with E-state index in [0.29, 0.717) is 19.1 Å². The van der Waals surface area contributed by atoms with Crippen molar-refractivity contribution in [1.82, 2.24) is 9.88 Å². The van der Waals surface area contributed by atoms with E-state index in [0.717, 1.165) is 49.2 Å². The molecule has 1 atom stereocenters. The van der Waals surface area contributed by atoms with E-state index < -0.39 is 0 Å². The first kappa shape index (κ1) is 15.8. The lowest BCUT2D eigenvalue weighted by Gasteiger charge is -2.32. The second kappa shape index (κ2) is 6.65. The SMILES string of the molecule is CCc1csc([C@@H]2CCCN(C(=O)c3ccc4c(c3)COC4)C2)n1. The number of carbonyl (C=O) groups is 1. The first-order chi connectivity index (χ1) is 11.7. The zero-order chi connectivity index (χ0) is 16.5. The highest BCUT2D eigenvalue weighted by Gasteiger charge is 2.27. The summed E-state index contributed by atoms with van der Waals surface area (Å²) >= 11 is 1.74. The maximum atomic E-state index is 12.9. The molecule has 1 fully saturated rings. The molecule has 2 aromatic rings. The largest absolute Gasteiger partial charge is 0.372 e. The van der Waals surface area contributed by atoms with Crippen LogP contribution in [0.15, 0.2) is 23.6 Å². The molecular weight excluding hydrogens is 320 g/mol. The third-order valence-electron chi connectivity index (χ3n) is 4.96. The average molecular weight is 342 g/mol. The standard InChI is InChI=1S/C19H22N2O2S/c1-2-17-12-24-18(20-17)14-4-3-7-21(9-14)19(22)13-5-6-15-10-23-11-16(15)8-13/h5-6,8,12,14H,2-4,7,9-11H2,1H3/t14-/m1/s1. The van der Waals surface area contributed by atoms with Crippen molar-refractivity contribution < 1.29 is 9.53 Å². The van der Waals surface area contributed by atoms with Crippen molar-refractivity contribution in [2.45, 2.75) is 45.3 Å². The Morgan fingerprint density at radius 2 is 2.25 bits per heavy atom. The predicted molar refractivity (Wildman–Crippen MR) is 94.3 cm³/mol. The monoisotopic (exact) mass is 342 g/mol. The van der Waals surface area contributed by atoms with Crippen LogP contribution in [0.2, 0.25) is 0 Å². The topological polar surface area (TPSA) is 42.4 Å². The van der Waals surface area contributed by atoms with Crippen LogP contribution in [-0.4, -0.2) is 28.9 Å². The number of aromatic nitrogens is 1. The fourth-order valence-electron chi connectivity index (χ4n) is 3.52. The first-order valence-electron chi connectivity index (χ1n) is 8.67. The van der Waals surface area contributed by atoms with Crippen molar-refractivity contribution in [3.8, 4) is 0 Å². The Morgan fingerprint density at radius 3 is 3.08 bits per heavy atom. The number of ether oxygens (including phenoxy) is 1. The second-order valence-corrected chi connectivity index (χ2v) is 7.49. The van der Waals surface area contributed by atoms with Gasteiger partial charge in [0.2, 0.25) is 0 Å². The number of piperidine rings is 1. The molecule has 126 valence electrons. The second-order valence-electron chi connectivity index (χ2n) is 6.60. The fourth-order valence-corrected chi connectivity index (χ4v) is 4.55. The molecule has 0 aliphatic carbocycles. The maximum Gasteiger partial charge on any atom is 0.253 e. The van der Waals surface area contributed by atoms with Gasteiger partial charge in [0.05, 0.1) is 23.9 Å². The van der Waals surface area contributed by atoms with Crippen molar-refractivity contribution >= 4 is 17.2 Å². The minimum absolute atomic E-state index is 0.140. The molecule has 0 saturated carbocycles. The molecule has 2 aliphatic rings. The van der Waals surface area contributed by atoms with Crippen LogP contribution < -0.4 is 0 Å². The van der Waals surface area contributed by atoms with Crippen molar-refractivity contribution in [3.63, 3.8) is 0 Å². The van der Waals surface area contributed by atoms with E-state index in [1.807, 2.05) is 23.1 Å². The molecule has 0 unspecified atom stereocenters. The molecule has 4 rings (SSSR count). The molecule has 2 aliphatic heterocycles. The molecule has 3 heterocycles. The lowest BCUT2D eigenvalue weighted by atomic mass is 9.97. The Labute approximate surface area is 146 Å². The van der Waals surface area contributed by atoms with Crippen molar-refractivity contribution in [2.75, 3.05) is 13.1 Å². The number of benzene rings is 1. The number of aryl methyl sites for hydroxylation is 1. The molecule has 24 heavy (non-hydrogen) atoms. The van der Waals surface area contributed by atoms with E-state index in [9.17, 15) is 4.79 Å². The molecule has 1 saturated heterocycles. The molecule has 4 nitrogen and oxygen atoms in total. The number of thiazole rings is 1. The summed E-state index contributed by atoms with van der Waals surface area (Å²) in [6.45, 7) is 5.04. The number of carbonyl (C=O) groups excluding carboxylic acids is 1. The van der Waals surface area contributed by atoms with Crippen molar-refractivity contribution in [1.29, 1.82) is 0 Å². The predicted octanol–water partition coefficient (Wildman–Crippen LogP) is 3.76. The number of likely N-dealkylation sites (tertiary alicyclic amines) is 1. The molecular formula is C19H22N2O2S. The van der Waals surface area contributed by atoms with Gasteiger partial charge in [-0.3, -0.25) is 4.79 Å². The number of rotatable bonds is 3. The zero-order valence-electron chi connectivity index (χ0n) is 14.0. The molecule has 1 aromatic heterocycles. The summed E-state index contributed by atoms with van der Waals surface area (Å²) in [5.41, 5.74) is 4.31. The highest BCUT2D eigenvalue weighted by Crippen LogP contribution is 2.30. The summed E-state index contributed by atoms with van der Waals surface area (Å²) in [4.78, 5) is 19.6. The van der Waals surface area contributed by atoms with Crippen LogP contribution in [0.3, 0.4) is 0 Å².